The number of rotatable bonds is 3. The number of piperidine rings is 1. The standard InChI is InChI=1S/C14H18Cl2N2O2/c1-9-6-12(15)11(13(16)17-9)8-18-5-3-4-10(7-18)14(19)20-2/h6,10H,3-5,7-8H2,1-2H3/t10-/m0/s1. The van der Waals surface area contributed by atoms with Crippen LogP contribution in [-0.4, -0.2) is 36.1 Å². The summed E-state index contributed by atoms with van der Waals surface area (Å²) in [6.45, 7) is 4.06. The molecule has 0 radical (unpaired) electrons. The number of esters is 1. The molecule has 1 aliphatic rings. The van der Waals surface area contributed by atoms with Crippen LogP contribution in [0.5, 0.6) is 0 Å². The average molecular weight is 317 g/mol. The van der Waals surface area contributed by atoms with E-state index in [4.69, 9.17) is 27.9 Å². The maximum absolute atomic E-state index is 11.6. The Kier molecular flexibility index (Phi) is 5.24. The third kappa shape index (κ3) is 3.62. The molecular weight excluding hydrogens is 299 g/mol. The highest BCUT2D eigenvalue weighted by molar-refractivity contribution is 6.35. The number of halogens is 2. The monoisotopic (exact) mass is 316 g/mol. The number of methoxy groups -OCH3 is 1. The summed E-state index contributed by atoms with van der Waals surface area (Å²) >= 11 is 12.4. The van der Waals surface area contributed by atoms with E-state index in [1.165, 1.54) is 7.11 Å². The van der Waals surface area contributed by atoms with E-state index in [0.29, 0.717) is 23.3 Å². The first-order valence-electron chi connectivity index (χ1n) is 6.63. The molecule has 1 saturated heterocycles. The van der Waals surface area contributed by atoms with Crippen molar-refractivity contribution in [1.29, 1.82) is 0 Å². The maximum atomic E-state index is 11.6. The van der Waals surface area contributed by atoms with Gasteiger partial charge in [0.25, 0.3) is 0 Å². The number of aromatic nitrogens is 1. The van der Waals surface area contributed by atoms with Gasteiger partial charge in [0.2, 0.25) is 0 Å². The topological polar surface area (TPSA) is 42.4 Å². The molecule has 0 unspecified atom stereocenters. The maximum Gasteiger partial charge on any atom is 0.309 e. The summed E-state index contributed by atoms with van der Waals surface area (Å²) in [5.74, 6) is -0.210. The summed E-state index contributed by atoms with van der Waals surface area (Å²) in [4.78, 5) is 18.0. The predicted molar refractivity (Wildman–Crippen MR) is 79.0 cm³/mol. The minimum absolute atomic E-state index is 0.0651. The van der Waals surface area contributed by atoms with Gasteiger partial charge in [-0.05, 0) is 32.4 Å². The van der Waals surface area contributed by atoms with Crippen LogP contribution in [0, 0.1) is 12.8 Å². The van der Waals surface area contributed by atoms with Crippen molar-refractivity contribution >= 4 is 29.2 Å². The molecule has 0 saturated carbocycles. The van der Waals surface area contributed by atoms with E-state index in [1.54, 1.807) is 0 Å². The number of likely N-dealkylation sites (tertiary alicyclic amines) is 1. The van der Waals surface area contributed by atoms with Crippen molar-refractivity contribution in [2.24, 2.45) is 5.92 Å². The Morgan fingerprint density at radius 3 is 2.95 bits per heavy atom. The molecule has 6 heteroatoms. The molecule has 2 rings (SSSR count). The van der Waals surface area contributed by atoms with E-state index in [9.17, 15) is 4.79 Å². The Bertz CT molecular complexity index is 485. The van der Waals surface area contributed by atoms with E-state index in [0.717, 1.165) is 30.6 Å². The average Bonchev–Trinajstić information content (AvgIpc) is 2.42. The van der Waals surface area contributed by atoms with Gasteiger partial charge in [-0.15, -0.1) is 0 Å². The van der Waals surface area contributed by atoms with Crippen LogP contribution in [0.1, 0.15) is 24.1 Å². The zero-order valence-corrected chi connectivity index (χ0v) is 13.2. The van der Waals surface area contributed by atoms with Crippen LogP contribution in [0.25, 0.3) is 0 Å². The van der Waals surface area contributed by atoms with Crippen LogP contribution in [-0.2, 0) is 16.1 Å². The van der Waals surface area contributed by atoms with Gasteiger partial charge >= 0.3 is 5.97 Å². The Hall–Kier alpha value is -0.840. The molecule has 1 aromatic heterocycles. The molecule has 1 atom stereocenters. The number of ether oxygens (including phenoxy) is 1. The number of hydrogen-bond acceptors (Lipinski definition) is 4. The van der Waals surface area contributed by atoms with Crippen molar-refractivity contribution < 1.29 is 9.53 Å². The van der Waals surface area contributed by atoms with Gasteiger partial charge in [-0.25, -0.2) is 4.98 Å². The highest BCUT2D eigenvalue weighted by Crippen LogP contribution is 2.27. The second-order valence-electron chi connectivity index (χ2n) is 5.11. The molecule has 110 valence electrons. The van der Waals surface area contributed by atoms with E-state index >= 15 is 0 Å². The fraction of sp³-hybridized carbons (Fsp3) is 0.571. The lowest BCUT2D eigenvalue weighted by molar-refractivity contribution is -0.147. The fourth-order valence-electron chi connectivity index (χ4n) is 2.55. The Balaban J connectivity index is 2.08. The van der Waals surface area contributed by atoms with Gasteiger partial charge in [0, 0.05) is 29.4 Å². The predicted octanol–water partition coefficient (Wildman–Crippen LogP) is 3.08. The van der Waals surface area contributed by atoms with Crippen LogP contribution >= 0.6 is 23.2 Å². The van der Waals surface area contributed by atoms with E-state index in [-0.39, 0.29) is 11.9 Å². The zero-order chi connectivity index (χ0) is 14.7. The first-order chi connectivity index (χ1) is 9.51. The molecule has 0 aromatic carbocycles. The molecular formula is C14H18Cl2N2O2. The van der Waals surface area contributed by atoms with Crippen molar-refractivity contribution in [2.75, 3.05) is 20.2 Å². The summed E-state index contributed by atoms with van der Waals surface area (Å²) in [6, 6.07) is 1.81. The molecule has 0 bridgehead atoms. The molecule has 1 aliphatic heterocycles. The number of hydrogen-bond donors (Lipinski definition) is 0. The quantitative estimate of drug-likeness (QED) is 0.635. The Labute approximate surface area is 129 Å². The van der Waals surface area contributed by atoms with Gasteiger partial charge in [-0.2, -0.15) is 0 Å². The Morgan fingerprint density at radius 1 is 1.55 bits per heavy atom. The number of aryl methyl sites for hydroxylation is 1. The van der Waals surface area contributed by atoms with Crippen LogP contribution in [0.3, 0.4) is 0 Å². The van der Waals surface area contributed by atoms with Crippen LogP contribution in [0.2, 0.25) is 10.2 Å². The summed E-state index contributed by atoms with van der Waals surface area (Å²) in [6.07, 6.45) is 1.84. The number of pyridine rings is 1. The summed E-state index contributed by atoms with van der Waals surface area (Å²) in [5, 5.41) is 1.07. The third-order valence-corrected chi connectivity index (χ3v) is 4.22. The number of carbonyl (C=O) groups excluding carboxylic acids is 1. The molecule has 0 spiro atoms. The largest absolute Gasteiger partial charge is 0.469 e. The summed E-state index contributed by atoms with van der Waals surface area (Å²) in [5.41, 5.74) is 1.62. The summed E-state index contributed by atoms with van der Waals surface area (Å²) < 4.78 is 4.82. The highest BCUT2D eigenvalue weighted by atomic mass is 35.5. The molecule has 4 nitrogen and oxygen atoms in total. The van der Waals surface area contributed by atoms with Crippen molar-refractivity contribution in [3.05, 3.63) is 27.5 Å². The molecule has 0 amide bonds. The lowest BCUT2D eigenvalue weighted by atomic mass is 9.98. The number of nitrogens with zero attached hydrogens (tertiary/aromatic N) is 2. The molecule has 1 fully saturated rings. The van der Waals surface area contributed by atoms with Crippen molar-refractivity contribution in [3.63, 3.8) is 0 Å². The van der Waals surface area contributed by atoms with Crippen LogP contribution in [0.15, 0.2) is 6.07 Å². The third-order valence-electron chi connectivity index (χ3n) is 3.57. The first kappa shape index (κ1) is 15.5. The number of carbonyl (C=O) groups is 1. The van der Waals surface area contributed by atoms with Crippen LogP contribution in [0.4, 0.5) is 0 Å². The molecule has 0 aliphatic carbocycles. The van der Waals surface area contributed by atoms with Crippen molar-refractivity contribution in [1.82, 2.24) is 9.88 Å². The van der Waals surface area contributed by atoms with E-state index in [2.05, 4.69) is 9.88 Å². The second-order valence-corrected chi connectivity index (χ2v) is 5.88. The summed E-state index contributed by atoms with van der Waals surface area (Å²) in [7, 11) is 1.43. The normalized spacial score (nSPS) is 19.9. The molecule has 2 heterocycles. The van der Waals surface area contributed by atoms with Crippen molar-refractivity contribution in [3.8, 4) is 0 Å². The molecule has 20 heavy (non-hydrogen) atoms. The van der Waals surface area contributed by atoms with Gasteiger partial charge in [0.05, 0.1) is 13.0 Å². The van der Waals surface area contributed by atoms with Gasteiger partial charge in [-0.1, -0.05) is 23.2 Å². The first-order valence-corrected chi connectivity index (χ1v) is 7.38. The lowest BCUT2D eigenvalue weighted by Crippen LogP contribution is -2.38. The van der Waals surface area contributed by atoms with E-state index < -0.39 is 0 Å². The second kappa shape index (κ2) is 6.74. The van der Waals surface area contributed by atoms with Crippen LogP contribution < -0.4 is 0 Å². The fourth-order valence-corrected chi connectivity index (χ4v) is 3.20. The minimum atomic E-state index is -0.145. The highest BCUT2D eigenvalue weighted by Gasteiger charge is 2.27. The van der Waals surface area contributed by atoms with Gasteiger partial charge in [0.15, 0.2) is 0 Å². The zero-order valence-electron chi connectivity index (χ0n) is 11.7. The molecule has 1 aromatic rings. The Morgan fingerprint density at radius 2 is 2.30 bits per heavy atom. The lowest BCUT2D eigenvalue weighted by Gasteiger charge is -2.31. The van der Waals surface area contributed by atoms with Gasteiger partial charge < -0.3 is 4.74 Å². The SMILES string of the molecule is COC(=O)[C@H]1CCCN(Cc2c(Cl)cc(C)nc2Cl)C1. The smallest absolute Gasteiger partial charge is 0.309 e. The molecule has 0 N–H and O–H groups in total. The van der Waals surface area contributed by atoms with Gasteiger partial charge in [0.1, 0.15) is 5.15 Å². The van der Waals surface area contributed by atoms with E-state index in [1.807, 2.05) is 13.0 Å². The minimum Gasteiger partial charge on any atom is -0.469 e. The van der Waals surface area contributed by atoms with Gasteiger partial charge in [-0.3, -0.25) is 9.69 Å². The van der Waals surface area contributed by atoms with Crippen molar-refractivity contribution in [2.45, 2.75) is 26.3 Å².